The second kappa shape index (κ2) is 15.3. The first kappa shape index (κ1) is 31.7. The minimum atomic E-state index is -1.15. The summed E-state index contributed by atoms with van der Waals surface area (Å²) in [6, 6.07) is 32.8. The summed E-state index contributed by atoms with van der Waals surface area (Å²) in [5.74, 6) is -2.45. The second-order valence-corrected chi connectivity index (χ2v) is 10.5. The third-order valence-electron chi connectivity index (χ3n) is 7.32. The number of ether oxygens (including phenoxy) is 2. The van der Waals surface area contributed by atoms with Gasteiger partial charge < -0.3 is 20.1 Å². The predicted molar refractivity (Wildman–Crippen MR) is 166 cm³/mol. The van der Waals surface area contributed by atoms with Crippen molar-refractivity contribution in [3.8, 4) is 6.07 Å². The van der Waals surface area contributed by atoms with Gasteiger partial charge in [-0.3, -0.25) is 9.59 Å². The fourth-order valence-corrected chi connectivity index (χ4v) is 5.21. The third kappa shape index (κ3) is 7.97. The summed E-state index contributed by atoms with van der Waals surface area (Å²) in [6.45, 7) is 1.80. The van der Waals surface area contributed by atoms with Crippen LogP contribution in [0.25, 0.3) is 0 Å². The Balaban J connectivity index is 1.71. The van der Waals surface area contributed by atoms with E-state index in [-0.39, 0.29) is 19.6 Å². The molecule has 4 rings (SSSR count). The van der Waals surface area contributed by atoms with Gasteiger partial charge in [0.05, 0.1) is 37.9 Å². The topological polar surface area (TPSA) is 123 Å². The van der Waals surface area contributed by atoms with Crippen LogP contribution in [0.5, 0.6) is 0 Å². The van der Waals surface area contributed by atoms with Crippen molar-refractivity contribution in [3.05, 3.63) is 143 Å². The van der Waals surface area contributed by atoms with E-state index in [0.29, 0.717) is 22.3 Å². The summed E-state index contributed by atoms with van der Waals surface area (Å²) in [5.41, 5.74) is 10.2. The maximum atomic E-state index is 14.7. The Morgan fingerprint density at radius 2 is 1.45 bits per heavy atom. The Kier molecular flexibility index (Phi) is 11.0. The fourth-order valence-electron chi connectivity index (χ4n) is 5.21. The largest absolute Gasteiger partial charge is 0.465 e. The molecule has 0 saturated carbocycles. The quantitative estimate of drug-likeness (QED) is 0.220. The number of methoxy groups -OCH3 is 1. The molecule has 224 valence electrons. The lowest BCUT2D eigenvalue weighted by Crippen LogP contribution is -2.56. The van der Waals surface area contributed by atoms with Crippen LogP contribution in [0.4, 0.5) is 0 Å². The van der Waals surface area contributed by atoms with Gasteiger partial charge >= 0.3 is 5.97 Å². The highest BCUT2D eigenvalue weighted by molar-refractivity contribution is 5.93. The number of primary amides is 1. The molecule has 0 heterocycles. The zero-order valence-electron chi connectivity index (χ0n) is 24.8. The summed E-state index contributed by atoms with van der Waals surface area (Å²) in [6.07, 6.45) is 0.123. The number of esters is 1. The molecule has 2 N–H and O–H groups in total. The molecule has 8 nitrogen and oxygen atoms in total. The molecule has 44 heavy (non-hydrogen) atoms. The number of nitriles is 1. The van der Waals surface area contributed by atoms with Crippen molar-refractivity contribution in [2.24, 2.45) is 5.73 Å². The van der Waals surface area contributed by atoms with Gasteiger partial charge in [-0.2, -0.15) is 5.26 Å². The van der Waals surface area contributed by atoms with E-state index in [1.165, 1.54) is 12.0 Å². The summed E-state index contributed by atoms with van der Waals surface area (Å²) in [5, 5.41) is 10.4. The zero-order chi connectivity index (χ0) is 31.5. The van der Waals surface area contributed by atoms with Crippen molar-refractivity contribution >= 4 is 17.8 Å². The zero-order valence-corrected chi connectivity index (χ0v) is 24.8. The number of nitrogens with two attached hydrogens (primary N) is 1. The van der Waals surface area contributed by atoms with Gasteiger partial charge in [-0.1, -0.05) is 103 Å². The molecule has 4 aromatic rings. The molecule has 0 fully saturated rings. The van der Waals surface area contributed by atoms with E-state index in [2.05, 4.69) is 6.07 Å². The Bertz CT molecular complexity index is 1580. The van der Waals surface area contributed by atoms with Crippen molar-refractivity contribution in [2.45, 2.75) is 38.0 Å². The monoisotopic (exact) mass is 589 g/mol. The minimum absolute atomic E-state index is 0.0605. The van der Waals surface area contributed by atoms with Gasteiger partial charge in [0.2, 0.25) is 11.8 Å². The van der Waals surface area contributed by atoms with Gasteiger partial charge in [0.25, 0.3) is 0 Å². The molecule has 0 aromatic heterocycles. The number of rotatable bonds is 13. The van der Waals surface area contributed by atoms with Crippen molar-refractivity contribution in [1.82, 2.24) is 4.90 Å². The van der Waals surface area contributed by atoms with Gasteiger partial charge in [-0.05, 0) is 41.3 Å². The van der Waals surface area contributed by atoms with Crippen LogP contribution < -0.4 is 5.73 Å². The molecule has 8 heteroatoms. The van der Waals surface area contributed by atoms with Crippen LogP contribution in [0.15, 0.2) is 109 Å². The van der Waals surface area contributed by atoms with E-state index >= 15 is 0 Å². The Labute approximate surface area is 257 Å². The summed E-state index contributed by atoms with van der Waals surface area (Å²) in [4.78, 5) is 41.1. The average molecular weight is 590 g/mol. The molecule has 0 bridgehead atoms. The number of benzene rings is 4. The third-order valence-corrected chi connectivity index (χ3v) is 7.32. The molecule has 0 aliphatic carbocycles. The number of hydrogen-bond acceptors (Lipinski definition) is 6. The fraction of sp³-hybridized carbons (Fsp3) is 0.222. The molecule has 2 atom stereocenters. The molecule has 4 aromatic carbocycles. The minimum Gasteiger partial charge on any atom is -0.465 e. The number of aryl methyl sites for hydroxylation is 1. The maximum Gasteiger partial charge on any atom is 0.337 e. The van der Waals surface area contributed by atoms with Crippen molar-refractivity contribution < 1.29 is 23.9 Å². The highest BCUT2D eigenvalue weighted by Crippen LogP contribution is 2.29. The first-order valence-electron chi connectivity index (χ1n) is 14.2. The average Bonchev–Trinajstić information content (AvgIpc) is 3.04. The van der Waals surface area contributed by atoms with Crippen LogP contribution in [-0.4, -0.2) is 48.5 Å². The van der Waals surface area contributed by atoms with Crippen LogP contribution in [0.3, 0.4) is 0 Å². The SMILES string of the molecule is COC(=O)c1cccc(COC[C@H](C#N)N(C(=O)C(c2ccccc2)c2ccccc2)[C@@H](Cc2cccc(C)c2)C(N)=O)c1. The maximum absolute atomic E-state index is 14.7. The molecular formula is C36H35N3O5. The second-order valence-electron chi connectivity index (χ2n) is 10.5. The van der Waals surface area contributed by atoms with E-state index in [4.69, 9.17) is 15.2 Å². The molecule has 0 saturated heterocycles. The van der Waals surface area contributed by atoms with E-state index in [9.17, 15) is 19.6 Å². The standard InChI is InChI=1S/C36H35N3O5/c1-25-11-9-12-26(19-25)21-32(34(38)40)39(31(22-37)24-44-23-27-13-10-18-30(20-27)36(42)43-2)35(41)33(28-14-5-3-6-15-28)29-16-7-4-8-17-29/h3-20,31-33H,21,23-24H2,1-2H3,(H2,38,40)/t31-,32-/m0/s1. The molecule has 0 radical (unpaired) electrons. The van der Waals surface area contributed by atoms with Crippen LogP contribution in [0.1, 0.15) is 44.1 Å². The van der Waals surface area contributed by atoms with E-state index in [1.807, 2.05) is 91.9 Å². The summed E-state index contributed by atoms with van der Waals surface area (Å²) >= 11 is 0. The number of hydrogen-bond donors (Lipinski definition) is 1. The first-order valence-corrected chi connectivity index (χ1v) is 14.2. The smallest absolute Gasteiger partial charge is 0.337 e. The lowest BCUT2D eigenvalue weighted by atomic mass is 9.88. The highest BCUT2D eigenvalue weighted by Gasteiger charge is 2.39. The van der Waals surface area contributed by atoms with Crippen LogP contribution in [0, 0.1) is 18.3 Å². The first-order chi connectivity index (χ1) is 21.3. The van der Waals surface area contributed by atoms with Gasteiger partial charge in [-0.15, -0.1) is 0 Å². The lowest BCUT2D eigenvalue weighted by molar-refractivity contribution is -0.142. The van der Waals surface area contributed by atoms with E-state index in [0.717, 1.165) is 11.1 Å². The highest BCUT2D eigenvalue weighted by atomic mass is 16.5. The van der Waals surface area contributed by atoms with Gasteiger partial charge in [0.15, 0.2) is 0 Å². The molecule has 2 amide bonds. The Hall–Kier alpha value is -5.26. The molecule has 0 aliphatic rings. The number of amides is 2. The molecule has 0 aliphatic heterocycles. The van der Waals surface area contributed by atoms with Crippen LogP contribution in [0.2, 0.25) is 0 Å². The molecular weight excluding hydrogens is 554 g/mol. The summed E-state index contributed by atoms with van der Waals surface area (Å²) in [7, 11) is 1.30. The normalized spacial score (nSPS) is 12.1. The van der Waals surface area contributed by atoms with Gasteiger partial charge in [0, 0.05) is 6.42 Å². The van der Waals surface area contributed by atoms with Crippen LogP contribution >= 0.6 is 0 Å². The predicted octanol–water partition coefficient (Wildman–Crippen LogP) is 4.95. The van der Waals surface area contributed by atoms with Crippen molar-refractivity contribution in [2.75, 3.05) is 13.7 Å². The number of carbonyl (C=O) groups is 3. The van der Waals surface area contributed by atoms with E-state index in [1.54, 1.807) is 24.3 Å². The van der Waals surface area contributed by atoms with E-state index < -0.39 is 35.8 Å². The van der Waals surface area contributed by atoms with Crippen LogP contribution in [-0.2, 0) is 32.1 Å². The Morgan fingerprint density at radius 3 is 2.02 bits per heavy atom. The van der Waals surface area contributed by atoms with Crippen molar-refractivity contribution in [1.29, 1.82) is 5.26 Å². The molecule has 0 spiro atoms. The molecule has 0 unspecified atom stereocenters. The lowest BCUT2D eigenvalue weighted by Gasteiger charge is -2.36. The Morgan fingerprint density at radius 1 is 0.841 bits per heavy atom. The van der Waals surface area contributed by atoms with Crippen molar-refractivity contribution in [3.63, 3.8) is 0 Å². The summed E-state index contributed by atoms with van der Waals surface area (Å²) < 4.78 is 10.7. The number of carbonyl (C=O) groups excluding carboxylic acids is 3. The van der Waals surface area contributed by atoms with Gasteiger partial charge in [0.1, 0.15) is 12.1 Å². The number of nitrogens with zero attached hydrogens (tertiary/aromatic N) is 2. The van der Waals surface area contributed by atoms with Gasteiger partial charge in [-0.25, -0.2) is 4.79 Å².